The zero-order valence-electron chi connectivity index (χ0n) is 44.2. The molecule has 4 N–H and O–H groups in total. The molecule has 0 bridgehead atoms. The lowest BCUT2D eigenvalue weighted by Gasteiger charge is -2.52. The molecule has 4 saturated heterocycles. The van der Waals surface area contributed by atoms with Crippen molar-refractivity contribution < 1.29 is 106 Å². The summed E-state index contributed by atoms with van der Waals surface area (Å²) < 4.78 is 54.2. The highest BCUT2D eigenvalue weighted by molar-refractivity contribution is 5.79. The van der Waals surface area contributed by atoms with E-state index in [1.54, 1.807) is 0 Å². The Labute approximate surface area is 434 Å². The Hall–Kier alpha value is -5.62. The van der Waals surface area contributed by atoms with Crippen molar-refractivity contribution >= 4 is 59.6 Å². The molecule has 0 aromatic carbocycles. The molecule has 28 heteroatoms. The highest BCUT2D eigenvalue weighted by atomic mass is 16.7. The maximum Gasteiger partial charge on any atom is 0.366 e. The summed E-state index contributed by atoms with van der Waals surface area (Å²) in [5.41, 5.74) is 0. The Morgan fingerprint density at radius 1 is 0.507 bits per heavy atom. The number of carbonyl (C=O) groups is 10. The van der Waals surface area contributed by atoms with Gasteiger partial charge in [0, 0.05) is 133 Å². The SMILES string of the molecule is COC(=O)[C@]1(O)C[C@H](N2CCN(CCCN3CCN([C@H]4C[C@@](O)(C(=O)OC)O[C@@H]([C@H](OC(C)=O)[C@@H](COC(C)=O)OC(C)=O)[C@@H]4NC(C)=O)CC3)CC2)[C@@H](NC(C)=O)[C@H]([C@H](OC(C)=O)[C@@H](COC(C)=O)OC(C)=O)O1. The normalized spacial score (nSPS) is 28.4. The second kappa shape index (κ2) is 28.0. The standard InChI is InChI=1S/C47H74N6O22/c1-26(54)48-38-34(22-46(64,44(62)66-9)74-42(38)40(72-32(7)60)36(70-30(5)58)24-68-28(3)56)52-18-14-50(15-19-52)12-11-13-51-16-20-53(21-17-51)35-23-47(65,45(63)67-10)75-43(39(35)49-27(2)55)41(73-33(8)61)37(71-31(6)59)25-69-29(4)57/h34-43,64-65H,11-25H2,1-10H3,(H,48,54)(H,49,55)/t34-,35-,36+,37+,38+,39+,40+,41+,42+,43+,46-,47-/m0/s1. The van der Waals surface area contributed by atoms with Crippen LogP contribution in [0.3, 0.4) is 0 Å². The zero-order valence-corrected chi connectivity index (χ0v) is 44.2. The van der Waals surface area contributed by atoms with E-state index in [4.69, 9.17) is 47.4 Å². The Balaban J connectivity index is 1.49. The van der Waals surface area contributed by atoms with Crippen LogP contribution >= 0.6 is 0 Å². The van der Waals surface area contributed by atoms with E-state index >= 15 is 0 Å². The van der Waals surface area contributed by atoms with Crippen LogP contribution in [0.15, 0.2) is 0 Å². The number of hydrogen-bond donors (Lipinski definition) is 4. The van der Waals surface area contributed by atoms with Crippen molar-refractivity contribution in [1.29, 1.82) is 0 Å². The molecule has 0 aliphatic carbocycles. The van der Waals surface area contributed by atoms with Crippen LogP contribution in [0.5, 0.6) is 0 Å². The van der Waals surface area contributed by atoms with Crippen LogP contribution in [0.2, 0.25) is 0 Å². The summed E-state index contributed by atoms with van der Waals surface area (Å²) in [4.78, 5) is 134. The van der Waals surface area contributed by atoms with Gasteiger partial charge in [-0.2, -0.15) is 0 Å². The van der Waals surface area contributed by atoms with E-state index in [0.717, 1.165) is 62.2 Å². The van der Waals surface area contributed by atoms with Crippen molar-refractivity contribution in [3.8, 4) is 0 Å². The smallest absolute Gasteiger partial charge is 0.366 e. The van der Waals surface area contributed by atoms with E-state index in [-0.39, 0.29) is 12.8 Å². The first-order valence-electron chi connectivity index (χ1n) is 24.6. The highest BCUT2D eigenvalue weighted by Crippen LogP contribution is 2.38. The first kappa shape index (κ1) is 61.9. The molecule has 4 heterocycles. The molecule has 4 aliphatic rings. The number of ether oxygens (including phenoxy) is 10. The molecule has 28 nitrogen and oxygen atoms in total. The third-order valence-electron chi connectivity index (χ3n) is 13.1. The second-order valence-electron chi connectivity index (χ2n) is 18.9. The minimum Gasteiger partial charge on any atom is -0.465 e. The molecule has 4 aliphatic heterocycles. The van der Waals surface area contributed by atoms with Crippen LogP contribution in [0.1, 0.15) is 74.7 Å². The summed E-state index contributed by atoms with van der Waals surface area (Å²) in [7, 11) is 2.09. The molecule has 12 atom stereocenters. The third kappa shape index (κ3) is 17.7. The summed E-state index contributed by atoms with van der Waals surface area (Å²) >= 11 is 0. The van der Waals surface area contributed by atoms with E-state index in [9.17, 15) is 58.2 Å². The summed E-state index contributed by atoms with van der Waals surface area (Å²) in [6, 6.07) is -3.87. The Kier molecular flexibility index (Phi) is 23.1. The van der Waals surface area contributed by atoms with Gasteiger partial charge in [-0.1, -0.05) is 0 Å². The molecule has 0 unspecified atom stereocenters. The first-order chi connectivity index (χ1) is 35.2. The molecule has 0 spiro atoms. The van der Waals surface area contributed by atoms with Gasteiger partial charge in [-0.15, -0.1) is 0 Å². The van der Waals surface area contributed by atoms with E-state index < -0.39 is 145 Å². The van der Waals surface area contributed by atoms with Gasteiger partial charge in [0.05, 0.1) is 26.3 Å². The number of nitrogens with one attached hydrogen (secondary N) is 2. The van der Waals surface area contributed by atoms with Gasteiger partial charge in [-0.3, -0.25) is 48.2 Å². The maximum absolute atomic E-state index is 13.2. The lowest BCUT2D eigenvalue weighted by molar-refractivity contribution is -0.293. The van der Waals surface area contributed by atoms with Crippen molar-refractivity contribution in [3.63, 3.8) is 0 Å². The largest absolute Gasteiger partial charge is 0.465 e. The van der Waals surface area contributed by atoms with Gasteiger partial charge in [0.15, 0.2) is 24.4 Å². The minimum absolute atomic E-state index is 0.381. The molecule has 0 saturated carbocycles. The van der Waals surface area contributed by atoms with E-state index in [2.05, 4.69) is 20.4 Å². The van der Waals surface area contributed by atoms with Gasteiger partial charge < -0.3 is 78.0 Å². The molecule has 424 valence electrons. The monoisotopic (exact) mass is 1070 g/mol. The van der Waals surface area contributed by atoms with Gasteiger partial charge in [0.25, 0.3) is 11.6 Å². The van der Waals surface area contributed by atoms with Gasteiger partial charge in [0.2, 0.25) is 11.8 Å². The highest BCUT2D eigenvalue weighted by Gasteiger charge is 2.59. The molecule has 4 fully saturated rings. The average Bonchev–Trinajstić information content (AvgIpc) is 3.33. The van der Waals surface area contributed by atoms with Crippen LogP contribution in [0, 0.1) is 0 Å². The fourth-order valence-corrected chi connectivity index (χ4v) is 10.1. The number of amides is 2. The number of piperazine rings is 2. The topological polar surface area (TPSA) is 340 Å². The number of rotatable bonds is 22. The average molecular weight is 1080 g/mol. The summed E-state index contributed by atoms with van der Waals surface area (Å²) in [5.74, 6) is -13.6. The molecular weight excluding hydrogens is 1000 g/mol. The van der Waals surface area contributed by atoms with Gasteiger partial charge in [-0.25, -0.2) is 9.59 Å². The lowest BCUT2D eigenvalue weighted by atomic mass is 9.85. The molecular formula is C47H74N6O22. The van der Waals surface area contributed by atoms with Crippen LogP contribution in [-0.4, -0.2) is 255 Å². The first-order valence-corrected chi connectivity index (χ1v) is 24.6. The van der Waals surface area contributed by atoms with Gasteiger partial charge in [0.1, 0.15) is 25.4 Å². The second-order valence-corrected chi connectivity index (χ2v) is 18.9. The fraction of sp³-hybridized carbons (Fsp3) is 0.787. The molecule has 0 radical (unpaired) electrons. The van der Waals surface area contributed by atoms with Crippen LogP contribution in [-0.2, 0) is 95.3 Å². The van der Waals surface area contributed by atoms with Crippen LogP contribution in [0.4, 0.5) is 0 Å². The maximum atomic E-state index is 13.2. The molecule has 0 aromatic rings. The summed E-state index contributed by atoms with van der Waals surface area (Å²) in [5, 5.41) is 29.2. The fourth-order valence-electron chi connectivity index (χ4n) is 10.1. The summed E-state index contributed by atoms with van der Waals surface area (Å²) in [6.07, 6.45) is -9.41. The number of nitrogens with zero attached hydrogens (tertiary/aromatic N) is 4. The zero-order chi connectivity index (χ0) is 55.9. The van der Waals surface area contributed by atoms with E-state index in [0.29, 0.717) is 65.4 Å². The minimum atomic E-state index is -2.63. The van der Waals surface area contributed by atoms with Crippen molar-refractivity contribution in [2.24, 2.45) is 0 Å². The van der Waals surface area contributed by atoms with Crippen molar-refractivity contribution in [3.05, 3.63) is 0 Å². The summed E-state index contributed by atoms with van der Waals surface area (Å²) in [6.45, 7) is 12.7. The Morgan fingerprint density at radius 2 is 0.827 bits per heavy atom. The predicted molar refractivity (Wildman–Crippen MR) is 252 cm³/mol. The van der Waals surface area contributed by atoms with E-state index in [1.165, 1.54) is 13.8 Å². The number of hydrogen-bond acceptors (Lipinski definition) is 26. The lowest BCUT2D eigenvalue weighted by Crippen LogP contribution is -2.72. The van der Waals surface area contributed by atoms with Crippen molar-refractivity contribution in [2.75, 3.05) is 92.9 Å². The van der Waals surface area contributed by atoms with E-state index in [1.807, 2.05) is 9.80 Å². The third-order valence-corrected chi connectivity index (χ3v) is 13.1. The molecule has 2 amide bonds. The number of methoxy groups -OCH3 is 2. The van der Waals surface area contributed by atoms with Gasteiger partial charge >= 0.3 is 47.8 Å². The van der Waals surface area contributed by atoms with Crippen LogP contribution in [0.25, 0.3) is 0 Å². The molecule has 75 heavy (non-hydrogen) atoms. The predicted octanol–water partition coefficient (Wildman–Crippen LogP) is -3.49. The van der Waals surface area contributed by atoms with Gasteiger partial charge in [-0.05, 0) is 19.5 Å². The number of aliphatic hydroxyl groups is 2. The Morgan fingerprint density at radius 3 is 1.09 bits per heavy atom. The van der Waals surface area contributed by atoms with Crippen LogP contribution < -0.4 is 10.6 Å². The number of carbonyl (C=O) groups excluding carboxylic acids is 10. The number of esters is 8. The van der Waals surface area contributed by atoms with Crippen molar-refractivity contribution in [2.45, 2.75) is 147 Å². The molecule has 0 aromatic heterocycles. The Bertz CT molecular complexity index is 1910. The quantitative estimate of drug-likeness (QED) is 0.0604. The molecule has 4 rings (SSSR count). The van der Waals surface area contributed by atoms with Crippen molar-refractivity contribution in [1.82, 2.24) is 30.2 Å².